The van der Waals surface area contributed by atoms with E-state index in [0.717, 1.165) is 16.5 Å². The van der Waals surface area contributed by atoms with Crippen molar-refractivity contribution >= 4 is 34.7 Å². The topological polar surface area (TPSA) is 203 Å². The Bertz CT molecular complexity index is 1140. The average molecular weight is 456 g/mol. The van der Waals surface area contributed by atoms with Crippen molar-refractivity contribution in [2.75, 3.05) is 0 Å². The Morgan fingerprint density at radius 3 is 2.39 bits per heavy atom. The predicted octanol–water partition coefficient (Wildman–Crippen LogP) is -0.468. The summed E-state index contributed by atoms with van der Waals surface area (Å²) in [5.41, 5.74) is 8.13. The van der Waals surface area contributed by atoms with Gasteiger partial charge in [-0.3, -0.25) is 14.4 Å². The number of hydrogen-bond donors (Lipinski definition) is 7. The number of imidazole rings is 1. The monoisotopic (exact) mass is 456 g/mol. The molecule has 12 nitrogen and oxygen atoms in total. The van der Waals surface area contributed by atoms with Crippen LogP contribution in [0.4, 0.5) is 0 Å². The molecular weight excluding hydrogens is 432 g/mol. The van der Waals surface area contributed by atoms with E-state index >= 15 is 0 Å². The van der Waals surface area contributed by atoms with Gasteiger partial charge in [0.2, 0.25) is 11.8 Å². The van der Waals surface area contributed by atoms with Crippen LogP contribution < -0.4 is 16.4 Å². The zero-order chi connectivity index (χ0) is 24.0. The molecule has 0 aliphatic rings. The first-order valence-corrected chi connectivity index (χ1v) is 10.1. The Labute approximate surface area is 187 Å². The van der Waals surface area contributed by atoms with E-state index in [4.69, 9.17) is 10.8 Å². The number of para-hydroxylation sites is 1. The van der Waals surface area contributed by atoms with Crippen LogP contribution in [-0.4, -0.2) is 67.0 Å². The van der Waals surface area contributed by atoms with Crippen LogP contribution in [0.15, 0.2) is 43.0 Å². The number of carboxylic acid groups (broad SMARTS) is 2. The maximum atomic E-state index is 12.6. The van der Waals surface area contributed by atoms with E-state index in [2.05, 4.69) is 25.6 Å². The Morgan fingerprint density at radius 1 is 1.00 bits per heavy atom. The van der Waals surface area contributed by atoms with E-state index in [1.807, 2.05) is 24.3 Å². The number of carbonyl (C=O) groups excluding carboxylic acids is 2. The van der Waals surface area contributed by atoms with Gasteiger partial charge in [-0.05, 0) is 18.1 Å². The van der Waals surface area contributed by atoms with E-state index in [1.165, 1.54) is 12.5 Å². The molecule has 0 spiro atoms. The molecule has 2 aromatic heterocycles. The third-order valence-corrected chi connectivity index (χ3v) is 5.06. The van der Waals surface area contributed by atoms with Gasteiger partial charge in [0.1, 0.15) is 12.1 Å². The molecule has 0 saturated carbocycles. The Hall–Kier alpha value is -4.19. The fourth-order valence-electron chi connectivity index (χ4n) is 3.38. The van der Waals surface area contributed by atoms with Crippen LogP contribution in [0.2, 0.25) is 0 Å². The van der Waals surface area contributed by atoms with E-state index in [0.29, 0.717) is 5.69 Å². The van der Waals surface area contributed by atoms with Gasteiger partial charge in [-0.25, -0.2) is 9.78 Å². The lowest BCUT2D eigenvalue weighted by Crippen LogP contribution is -2.55. The number of nitrogens with one attached hydrogen (secondary N) is 4. The fraction of sp³-hybridized carbons (Fsp3) is 0.286. The molecule has 0 aliphatic carbocycles. The second-order valence-corrected chi connectivity index (χ2v) is 7.51. The lowest BCUT2D eigenvalue weighted by Gasteiger charge is -2.21. The van der Waals surface area contributed by atoms with Crippen LogP contribution in [0.5, 0.6) is 0 Å². The second-order valence-electron chi connectivity index (χ2n) is 7.51. The molecule has 3 unspecified atom stereocenters. The quantitative estimate of drug-likeness (QED) is 0.200. The first-order valence-electron chi connectivity index (χ1n) is 10.1. The van der Waals surface area contributed by atoms with Gasteiger partial charge in [-0.1, -0.05) is 18.2 Å². The highest BCUT2D eigenvalue weighted by Crippen LogP contribution is 2.18. The summed E-state index contributed by atoms with van der Waals surface area (Å²) < 4.78 is 0. The first-order chi connectivity index (χ1) is 15.7. The third-order valence-electron chi connectivity index (χ3n) is 5.06. The number of aliphatic carboxylic acids is 2. The molecule has 2 amide bonds. The normalized spacial score (nSPS) is 13.7. The maximum Gasteiger partial charge on any atom is 0.326 e. The smallest absolute Gasteiger partial charge is 0.326 e. The molecule has 3 atom stereocenters. The predicted molar refractivity (Wildman–Crippen MR) is 116 cm³/mol. The average Bonchev–Trinajstić information content (AvgIpc) is 3.42. The van der Waals surface area contributed by atoms with Crippen molar-refractivity contribution in [3.63, 3.8) is 0 Å². The second kappa shape index (κ2) is 10.4. The van der Waals surface area contributed by atoms with Gasteiger partial charge in [-0.15, -0.1) is 0 Å². The first kappa shape index (κ1) is 23.5. The highest BCUT2D eigenvalue weighted by molar-refractivity contribution is 5.94. The Morgan fingerprint density at radius 2 is 1.73 bits per heavy atom. The molecule has 3 rings (SSSR count). The van der Waals surface area contributed by atoms with Crippen molar-refractivity contribution in [3.05, 3.63) is 54.2 Å². The minimum atomic E-state index is -1.51. The maximum absolute atomic E-state index is 12.6. The van der Waals surface area contributed by atoms with E-state index in [9.17, 15) is 24.3 Å². The molecule has 1 aromatic carbocycles. The summed E-state index contributed by atoms with van der Waals surface area (Å²) >= 11 is 0. The fourth-order valence-corrected chi connectivity index (χ4v) is 3.38. The number of carbonyl (C=O) groups is 4. The van der Waals surface area contributed by atoms with Crippen molar-refractivity contribution in [2.24, 2.45) is 5.73 Å². The number of H-pyrrole nitrogens is 2. The van der Waals surface area contributed by atoms with Gasteiger partial charge in [0.05, 0.1) is 18.8 Å². The molecule has 8 N–H and O–H groups in total. The molecule has 0 saturated heterocycles. The Kier molecular flexibility index (Phi) is 7.41. The van der Waals surface area contributed by atoms with Gasteiger partial charge in [0, 0.05) is 35.4 Å². The molecule has 0 radical (unpaired) electrons. The number of carboxylic acids is 2. The molecule has 2 heterocycles. The molecular formula is C21H24N6O6. The largest absolute Gasteiger partial charge is 0.481 e. The standard InChI is InChI=1S/C21H24N6O6/c22-14(5-11-8-24-15-4-2-1-3-13(11)15)19(30)26-16(7-18(28)29)20(31)27-17(21(32)33)6-12-9-23-10-25-12/h1-4,8-10,14,16-17,24H,5-7,22H2,(H,23,25)(H,26,30)(H,27,31)(H,28,29)(H,32,33). The number of fused-ring (bicyclic) bond motifs is 1. The van der Waals surface area contributed by atoms with Crippen molar-refractivity contribution in [1.29, 1.82) is 0 Å². The number of nitrogens with zero attached hydrogens (tertiary/aromatic N) is 1. The molecule has 0 aliphatic heterocycles. The van der Waals surface area contributed by atoms with Crippen LogP contribution in [0.1, 0.15) is 17.7 Å². The van der Waals surface area contributed by atoms with Crippen LogP contribution in [0.3, 0.4) is 0 Å². The van der Waals surface area contributed by atoms with Gasteiger partial charge in [0.25, 0.3) is 0 Å². The van der Waals surface area contributed by atoms with Crippen LogP contribution >= 0.6 is 0 Å². The minimum absolute atomic E-state index is 0.102. The lowest BCUT2D eigenvalue weighted by molar-refractivity contribution is -0.143. The van der Waals surface area contributed by atoms with Crippen molar-refractivity contribution in [3.8, 4) is 0 Å². The summed E-state index contributed by atoms with van der Waals surface area (Å²) in [5.74, 6) is -4.35. The number of aromatic amines is 2. The summed E-state index contributed by atoms with van der Waals surface area (Å²) in [6, 6.07) is 3.53. The zero-order valence-corrected chi connectivity index (χ0v) is 17.4. The molecule has 0 fully saturated rings. The van der Waals surface area contributed by atoms with Crippen molar-refractivity contribution < 1.29 is 29.4 Å². The SMILES string of the molecule is NC(Cc1c[nH]c2ccccc12)C(=O)NC(CC(=O)O)C(=O)NC(Cc1cnc[nH]1)C(=O)O. The minimum Gasteiger partial charge on any atom is -0.481 e. The van der Waals surface area contributed by atoms with E-state index < -0.39 is 48.3 Å². The molecule has 12 heteroatoms. The van der Waals surface area contributed by atoms with Gasteiger partial charge in [0.15, 0.2) is 0 Å². The van der Waals surface area contributed by atoms with Gasteiger partial charge in [-0.2, -0.15) is 0 Å². The summed E-state index contributed by atoms with van der Waals surface area (Å²) in [7, 11) is 0. The highest BCUT2D eigenvalue weighted by atomic mass is 16.4. The van der Waals surface area contributed by atoms with Crippen LogP contribution in [-0.2, 0) is 32.0 Å². The number of nitrogens with two attached hydrogens (primary N) is 1. The lowest BCUT2D eigenvalue weighted by atomic mass is 10.0. The molecule has 0 bridgehead atoms. The molecule has 174 valence electrons. The summed E-state index contributed by atoms with van der Waals surface area (Å²) in [6.45, 7) is 0. The molecule has 3 aromatic rings. The summed E-state index contributed by atoms with van der Waals surface area (Å²) in [6.07, 6.45) is 3.80. The summed E-state index contributed by atoms with van der Waals surface area (Å²) in [5, 5.41) is 24.1. The number of amides is 2. The molecule has 33 heavy (non-hydrogen) atoms. The zero-order valence-electron chi connectivity index (χ0n) is 17.4. The van der Waals surface area contributed by atoms with Crippen molar-refractivity contribution in [2.45, 2.75) is 37.4 Å². The van der Waals surface area contributed by atoms with Gasteiger partial charge >= 0.3 is 11.9 Å². The highest BCUT2D eigenvalue weighted by Gasteiger charge is 2.30. The van der Waals surface area contributed by atoms with Crippen molar-refractivity contribution in [1.82, 2.24) is 25.6 Å². The Balaban J connectivity index is 1.66. The number of benzene rings is 1. The van der Waals surface area contributed by atoms with Crippen LogP contribution in [0.25, 0.3) is 10.9 Å². The number of aromatic nitrogens is 3. The van der Waals surface area contributed by atoms with E-state index in [1.54, 1.807) is 6.20 Å². The third kappa shape index (κ3) is 6.17. The van der Waals surface area contributed by atoms with E-state index in [-0.39, 0.29) is 12.8 Å². The number of hydrogen-bond acceptors (Lipinski definition) is 6. The van der Waals surface area contributed by atoms with Crippen LogP contribution in [0, 0.1) is 0 Å². The number of rotatable bonds is 11. The van der Waals surface area contributed by atoms with Gasteiger partial charge < -0.3 is 36.5 Å². The summed E-state index contributed by atoms with van der Waals surface area (Å²) in [4.78, 5) is 57.7.